The molecule has 0 spiro atoms. The second kappa shape index (κ2) is 7.25. The quantitative estimate of drug-likeness (QED) is 0.772. The SMILES string of the molecule is CCOC(=O)CCC1CCCN1C1CCNCC1C. The number of hydrogen-bond acceptors (Lipinski definition) is 4. The summed E-state index contributed by atoms with van der Waals surface area (Å²) >= 11 is 0. The predicted octanol–water partition coefficient (Wildman–Crippen LogP) is 1.79. The number of esters is 1. The first kappa shape index (κ1) is 14.8. The minimum absolute atomic E-state index is 0.0345. The van der Waals surface area contributed by atoms with Crippen LogP contribution in [-0.2, 0) is 9.53 Å². The number of piperidine rings is 1. The van der Waals surface area contributed by atoms with Gasteiger partial charge in [-0.05, 0) is 58.2 Å². The Kier molecular flexibility index (Phi) is 5.64. The van der Waals surface area contributed by atoms with Crippen LogP contribution in [0.15, 0.2) is 0 Å². The van der Waals surface area contributed by atoms with Crippen molar-refractivity contribution in [1.82, 2.24) is 10.2 Å². The van der Waals surface area contributed by atoms with Gasteiger partial charge in [0.2, 0.25) is 0 Å². The van der Waals surface area contributed by atoms with Crippen LogP contribution < -0.4 is 5.32 Å². The third-order valence-electron chi connectivity index (χ3n) is 4.58. The summed E-state index contributed by atoms with van der Waals surface area (Å²) < 4.78 is 5.04. The Balaban J connectivity index is 1.84. The number of carbonyl (C=O) groups is 1. The van der Waals surface area contributed by atoms with Crippen LogP contribution in [0.25, 0.3) is 0 Å². The topological polar surface area (TPSA) is 41.6 Å². The Labute approximate surface area is 116 Å². The van der Waals surface area contributed by atoms with Gasteiger partial charge in [0, 0.05) is 18.5 Å². The largest absolute Gasteiger partial charge is 0.466 e. The van der Waals surface area contributed by atoms with Crippen molar-refractivity contribution in [2.24, 2.45) is 5.92 Å². The molecule has 2 heterocycles. The van der Waals surface area contributed by atoms with Gasteiger partial charge < -0.3 is 10.1 Å². The molecule has 0 amide bonds. The number of nitrogens with zero attached hydrogens (tertiary/aromatic N) is 1. The fraction of sp³-hybridized carbons (Fsp3) is 0.933. The smallest absolute Gasteiger partial charge is 0.305 e. The van der Waals surface area contributed by atoms with Crippen LogP contribution in [0.2, 0.25) is 0 Å². The van der Waals surface area contributed by atoms with Gasteiger partial charge in [-0.2, -0.15) is 0 Å². The van der Waals surface area contributed by atoms with E-state index in [9.17, 15) is 4.79 Å². The maximum atomic E-state index is 11.5. The van der Waals surface area contributed by atoms with Crippen molar-refractivity contribution < 1.29 is 9.53 Å². The van der Waals surface area contributed by atoms with Gasteiger partial charge in [0.25, 0.3) is 0 Å². The summed E-state index contributed by atoms with van der Waals surface area (Å²) in [5, 5.41) is 3.47. The lowest BCUT2D eigenvalue weighted by atomic mass is 9.92. The monoisotopic (exact) mass is 268 g/mol. The van der Waals surface area contributed by atoms with Crippen molar-refractivity contribution in [3.63, 3.8) is 0 Å². The second-order valence-corrected chi connectivity index (χ2v) is 5.92. The molecule has 0 saturated carbocycles. The van der Waals surface area contributed by atoms with Crippen LogP contribution in [0.5, 0.6) is 0 Å². The first-order chi connectivity index (χ1) is 9.22. The summed E-state index contributed by atoms with van der Waals surface area (Å²) in [6, 6.07) is 1.30. The molecule has 0 radical (unpaired) electrons. The van der Waals surface area contributed by atoms with Crippen molar-refractivity contribution >= 4 is 5.97 Å². The summed E-state index contributed by atoms with van der Waals surface area (Å²) in [5.41, 5.74) is 0. The highest BCUT2D eigenvalue weighted by molar-refractivity contribution is 5.69. The molecule has 4 nitrogen and oxygen atoms in total. The molecule has 4 heteroatoms. The number of ether oxygens (including phenoxy) is 1. The number of rotatable bonds is 5. The van der Waals surface area contributed by atoms with Crippen molar-refractivity contribution in [3.05, 3.63) is 0 Å². The van der Waals surface area contributed by atoms with Gasteiger partial charge in [0.1, 0.15) is 0 Å². The summed E-state index contributed by atoms with van der Waals surface area (Å²) in [7, 11) is 0. The van der Waals surface area contributed by atoms with E-state index in [4.69, 9.17) is 4.74 Å². The van der Waals surface area contributed by atoms with Crippen molar-refractivity contribution in [2.75, 3.05) is 26.2 Å². The van der Waals surface area contributed by atoms with Gasteiger partial charge in [-0.25, -0.2) is 0 Å². The van der Waals surface area contributed by atoms with E-state index in [0.29, 0.717) is 25.1 Å². The fourth-order valence-electron chi connectivity index (χ4n) is 3.62. The van der Waals surface area contributed by atoms with Gasteiger partial charge in [-0.15, -0.1) is 0 Å². The molecule has 0 bridgehead atoms. The Bertz CT molecular complexity index is 296. The van der Waals surface area contributed by atoms with Crippen LogP contribution in [-0.4, -0.2) is 49.2 Å². The van der Waals surface area contributed by atoms with E-state index in [-0.39, 0.29) is 5.97 Å². The van der Waals surface area contributed by atoms with Crippen LogP contribution in [0.4, 0.5) is 0 Å². The van der Waals surface area contributed by atoms with Gasteiger partial charge >= 0.3 is 5.97 Å². The molecule has 2 aliphatic rings. The molecule has 2 rings (SSSR count). The number of hydrogen-bond donors (Lipinski definition) is 1. The zero-order valence-electron chi connectivity index (χ0n) is 12.4. The lowest BCUT2D eigenvalue weighted by molar-refractivity contribution is -0.143. The molecular weight excluding hydrogens is 240 g/mol. The third-order valence-corrected chi connectivity index (χ3v) is 4.58. The van der Waals surface area contributed by atoms with Gasteiger partial charge in [-0.1, -0.05) is 6.92 Å². The third kappa shape index (κ3) is 3.93. The average Bonchev–Trinajstić information content (AvgIpc) is 2.85. The molecule has 1 N–H and O–H groups in total. The average molecular weight is 268 g/mol. The molecule has 2 saturated heterocycles. The van der Waals surface area contributed by atoms with E-state index in [1.54, 1.807) is 0 Å². The Morgan fingerprint density at radius 2 is 2.26 bits per heavy atom. The molecule has 2 fully saturated rings. The Hall–Kier alpha value is -0.610. The normalized spacial score (nSPS) is 32.4. The molecule has 0 aromatic rings. The van der Waals surface area contributed by atoms with E-state index >= 15 is 0 Å². The fourth-order valence-corrected chi connectivity index (χ4v) is 3.62. The summed E-state index contributed by atoms with van der Waals surface area (Å²) in [6.07, 6.45) is 5.32. The molecule has 0 aliphatic carbocycles. The minimum atomic E-state index is -0.0345. The zero-order chi connectivity index (χ0) is 13.7. The highest BCUT2D eigenvalue weighted by atomic mass is 16.5. The minimum Gasteiger partial charge on any atom is -0.466 e. The first-order valence-electron chi connectivity index (χ1n) is 7.84. The molecule has 3 atom stereocenters. The van der Waals surface area contributed by atoms with Crippen molar-refractivity contribution in [1.29, 1.82) is 0 Å². The van der Waals surface area contributed by atoms with E-state index in [1.807, 2.05) is 6.92 Å². The van der Waals surface area contributed by atoms with E-state index in [0.717, 1.165) is 25.4 Å². The van der Waals surface area contributed by atoms with E-state index in [1.165, 1.54) is 25.8 Å². The summed E-state index contributed by atoms with van der Waals surface area (Å²) in [6.45, 7) is 8.19. The Morgan fingerprint density at radius 3 is 3.00 bits per heavy atom. The van der Waals surface area contributed by atoms with Crippen LogP contribution in [0.3, 0.4) is 0 Å². The molecule has 2 aliphatic heterocycles. The number of likely N-dealkylation sites (tertiary alicyclic amines) is 1. The van der Waals surface area contributed by atoms with Crippen molar-refractivity contribution in [3.8, 4) is 0 Å². The van der Waals surface area contributed by atoms with E-state index in [2.05, 4.69) is 17.1 Å². The van der Waals surface area contributed by atoms with E-state index < -0.39 is 0 Å². The zero-order valence-corrected chi connectivity index (χ0v) is 12.4. The standard InChI is InChI=1S/C15H28N2O2/c1-3-19-15(18)7-6-13-5-4-10-17(13)14-8-9-16-11-12(14)2/h12-14,16H,3-11H2,1-2H3. The van der Waals surface area contributed by atoms with Crippen molar-refractivity contribution in [2.45, 2.75) is 58.0 Å². The summed E-state index contributed by atoms with van der Waals surface area (Å²) in [4.78, 5) is 14.2. The highest BCUT2D eigenvalue weighted by Crippen LogP contribution is 2.29. The first-order valence-corrected chi connectivity index (χ1v) is 7.84. The van der Waals surface area contributed by atoms with Crippen LogP contribution in [0, 0.1) is 5.92 Å². The molecule has 0 aromatic carbocycles. The molecular formula is C15H28N2O2. The maximum absolute atomic E-state index is 11.5. The molecule has 3 unspecified atom stereocenters. The van der Waals surface area contributed by atoms with Crippen LogP contribution in [0.1, 0.15) is 46.0 Å². The maximum Gasteiger partial charge on any atom is 0.305 e. The highest BCUT2D eigenvalue weighted by Gasteiger charge is 2.34. The van der Waals surface area contributed by atoms with Gasteiger partial charge in [0.15, 0.2) is 0 Å². The Morgan fingerprint density at radius 1 is 1.42 bits per heavy atom. The second-order valence-electron chi connectivity index (χ2n) is 5.92. The van der Waals surface area contributed by atoms with Crippen LogP contribution >= 0.6 is 0 Å². The van der Waals surface area contributed by atoms with Gasteiger partial charge in [0.05, 0.1) is 6.61 Å². The lowest BCUT2D eigenvalue weighted by Crippen LogP contribution is -2.50. The lowest BCUT2D eigenvalue weighted by Gasteiger charge is -2.40. The molecule has 0 aromatic heterocycles. The van der Waals surface area contributed by atoms with Gasteiger partial charge in [-0.3, -0.25) is 9.69 Å². The predicted molar refractivity (Wildman–Crippen MR) is 76.0 cm³/mol. The number of nitrogens with one attached hydrogen (secondary N) is 1. The number of carbonyl (C=O) groups excluding carboxylic acids is 1. The molecule has 110 valence electrons. The summed E-state index contributed by atoms with van der Waals surface area (Å²) in [5.74, 6) is 0.685. The molecule has 19 heavy (non-hydrogen) atoms.